The Morgan fingerprint density at radius 1 is 1.26 bits per heavy atom. The summed E-state index contributed by atoms with van der Waals surface area (Å²) in [4.78, 5) is 18.0. The first-order valence-corrected chi connectivity index (χ1v) is 10.3. The van der Waals surface area contributed by atoms with Gasteiger partial charge in [0.05, 0.1) is 19.2 Å². The molecule has 0 saturated carbocycles. The summed E-state index contributed by atoms with van der Waals surface area (Å²) in [7, 11) is 3.38. The second-order valence-corrected chi connectivity index (χ2v) is 7.56. The number of hydrogen-bond donors (Lipinski definition) is 2. The highest BCUT2D eigenvalue weighted by Gasteiger charge is 2.22. The van der Waals surface area contributed by atoms with Crippen molar-refractivity contribution in [1.29, 1.82) is 0 Å². The van der Waals surface area contributed by atoms with Gasteiger partial charge in [0, 0.05) is 26.1 Å². The van der Waals surface area contributed by atoms with E-state index >= 15 is 0 Å². The van der Waals surface area contributed by atoms with Crippen LogP contribution < -0.4 is 20.1 Å². The average molecular weight is 429 g/mol. The standard InChI is InChI=1S/C23H29FN4O3/c1-16(31-21-11-7-5-9-18(21)24)14-25-23(26-15-22(29)28(2)3)27-19-12-13-30-20-10-6-4-8-17(19)20/h4-11,16,19H,12-15H2,1-3H3,(H2,25,26,27). The van der Waals surface area contributed by atoms with Crippen molar-refractivity contribution in [3.63, 3.8) is 0 Å². The van der Waals surface area contributed by atoms with Gasteiger partial charge < -0.3 is 25.0 Å². The number of halogens is 1. The fourth-order valence-electron chi connectivity index (χ4n) is 3.14. The van der Waals surface area contributed by atoms with Crippen LogP contribution in [-0.4, -0.2) is 56.7 Å². The Kier molecular flexibility index (Phi) is 7.70. The summed E-state index contributed by atoms with van der Waals surface area (Å²) in [5, 5.41) is 6.61. The summed E-state index contributed by atoms with van der Waals surface area (Å²) >= 11 is 0. The van der Waals surface area contributed by atoms with Crippen molar-refractivity contribution in [3.8, 4) is 11.5 Å². The number of para-hydroxylation sites is 2. The lowest BCUT2D eigenvalue weighted by molar-refractivity contribution is -0.127. The highest BCUT2D eigenvalue weighted by Crippen LogP contribution is 2.31. The highest BCUT2D eigenvalue weighted by molar-refractivity contribution is 5.85. The first-order chi connectivity index (χ1) is 14.9. The van der Waals surface area contributed by atoms with Gasteiger partial charge in [-0.2, -0.15) is 0 Å². The topological polar surface area (TPSA) is 75.2 Å². The summed E-state index contributed by atoms with van der Waals surface area (Å²) < 4.78 is 25.3. The zero-order chi connectivity index (χ0) is 22.2. The van der Waals surface area contributed by atoms with Gasteiger partial charge in [0.2, 0.25) is 5.91 Å². The third-order valence-corrected chi connectivity index (χ3v) is 4.86. The van der Waals surface area contributed by atoms with Gasteiger partial charge in [-0.3, -0.25) is 4.79 Å². The Morgan fingerprint density at radius 3 is 2.77 bits per heavy atom. The van der Waals surface area contributed by atoms with E-state index in [4.69, 9.17) is 9.47 Å². The lowest BCUT2D eigenvalue weighted by atomic mass is 10.0. The van der Waals surface area contributed by atoms with Gasteiger partial charge in [-0.25, -0.2) is 9.38 Å². The number of likely N-dealkylation sites (N-methyl/N-ethyl adjacent to an activating group) is 1. The van der Waals surface area contributed by atoms with Crippen molar-refractivity contribution in [1.82, 2.24) is 15.5 Å². The molecule has 0 spiro atoms. The summed E-state index contributed by atoms with van der Waals surface area (Å²) in [5.74, 6) is 1.01. The molecule has 7 nitrogen and oxygen atoms in total. The monoisotopic (exact) mass is 428 g/mol. The number of nitrogens with one attached hydrogen (secondary N) is 2. The molecule has 2 N–H and O–H groups in total. The number of fused-ring (bicyclic) bond motifs is 1. The third kappa shape index (κ3) is 6.34. The van der Waals surface area contributed by atoms with Crippen molar-refractivity contribution in [2.75, 3.05) is 33.8 Å². The van der Waals surface area contributed by atoms with Crippen molar-refractivity contribution in [3.05, 3.63) is 59.9 Å². The number of nitrogens with zero attached hydrogens (tertiary/aromatic N) is 2. The Bertz CT molecular complexity index is 919. The van der Waals surface area contributed by atoms with E-state index in [0.29, 0.717) is 19.1 Å². The van der Waals surface area contributed by atoms with Gasteiger partial charge in [-0.05, 0) is 25.1 Å². The second-order valence-electron chi connectivity index (χ2n) is 7.56. The molecule has 0 saturated heterocycles. The number of ether oxygens (including phenoxy) is 2. The maximum atomic E-state index is 13.8. The second kappa shape index (κ2) is 10.7. The molecule has 1 aliphatic rings. The van der Waals surface area contributed by atoms with E-state index < -0.39 is 5.82 Å². The van der Waals surface area contributed by atoms with Crippen molar-refractivity contribution in [2.45, 2.75) is 25.5 Å². The molecule has 2 atom stereocenters. The fraction of sp³-hybridized carbons (Fsp3) is 0.391. The molecular weight excluding hydrogens is 399 g/mol. The molecule has 0 bridgehead atoms. The predicted octanol–water partition coefficient (Wildman–Crippen LogP) is 2.74. The number of carbonyl (C=O) groups is 1. The number of hydrogen-bond acceptors (Lipinski definition) is 4. The Balaban J connectivity index is 1.67. The summed E-state index contributed by atoms with van der Waals surface area (Å²) in [6.45, 7) is 2.81. The predicted molar refractivity (Wildman–Crippen MR) is 118 cm³/mol. The van der Waals surface area contributed by atoms with Crippen LogP contribution in [0.4, 0.5) is 4.39 Å². The maximum absolute atomic E-state index is 13.8. The maximum Gasteiger partial charge on any atom is 0.243 e. The zero-order valence-corrected chi connectivity index (χ0v) is 18.1. The molecule has 0 fully saturated rings. The molecular formula is C23H29FN4O3. The Morgan fingerprint density at radius 2 is 2.00 bits per heavy atom. The van der Waals surface area contributed by atoms with Crippen LogP contribution in [0.1, 0.15) is 24.9 Å². The zero-order valence-electron chi connectivity index (χ0n) is 18.1. The van der Waals surface area contributed by atoms with Gasteiger partial charge in [-0.15, -0.1) is 0 Å². The van der Waals surface area contributed by atoms with Crippen LogP contribution in [0.25, 0.3) is 0 Å². The van der Waals surface area contributed by atoms with Crippen LogP contribution >= 0.6 is 0 Å². The van der Waals surface area contributed by atoms with Gasteiger partial charge in [0.25, 0.3) is 0 Å². The van der Waals surface area contributed by atoms with Gasteiger partial charge in [-0.1, -0.05) is 30.3 Å². The van der Waals surface area contributed by atoms with Crippen LogP contribution in [0, 0.1) is 5.82 Å². The largest absolute Gasteiger partial charge is 0.493 e. The number of carbonyl (C=O) groups excluding carboxylic acids is 1. The normalized spacial score (nSPS) is 16.5. The number of amides is 1. The van der Waals surface area contributed by atoms with Crippen LogP contribution in [-0.2, 0) is 4.79 Å². The average Bonchev–Trinajstić information content (AvgIpc) is 2.77. The lowest BCUT2D eigenvalue weighted by Crippen LogP contribution is -2.44. The fourth-order valence-corrected chi connectivity index (χ4v) is 3.14. The first kappa shape index (κ1) is 22.4. The first-order valence-electron chi connectivity index (χ1n) is 10.3. The molecule has 3 rings (SSSR count). The van der Waals surface area contributed by atoms with Crippen LogP contribution in [0.15, 0.2) is 53.5 Å². The number of rotatable bonds is 7. The van der Waals surface area contributed by atoms with Crippen molar-refractivity contribution < 1.29 is 18.7 Å². The number of aliphatic imine (C=N–C) groups is 1. The minimum atomic E-state index is -0.406. The molecule has 0 radical (unpaired) electrons. The minimum absolute atomic E-state index is 0.00606. The lowest BCUT2D eigenvalue weighted by Gasteiger charge is -2.28. The van der Waals surface area contributed by atoms with E-state index in [1.54, 1.807) is 32.3 Å². The molecule has 31 heavy (non-hydrogen) atoms. The summed E-state index contributed by atoms with van der Waals surface area (Å²) in [5.41, 5.74) is 1.04. The smallest absolute Gasteiger partial charge is 0.243 e. The summed E-state index contributed by atoms with van der Waals surface area (Å²) in [6, 6.07) is 14.1. The van der Waals surface area contributed by atoms with E-state index in [1.165, 1.54) is 11.0 Å². The molecule has 1 aliphatic heterocycles. The Hall–Kier alpha value is -3.29. The number of benzene rings is 2. The highest BCUT2D eigenvalue weighted by atomic mass is 19.1. The van der Waals surface area contributed by atoms with E-state index in [-0.39, 0.29) is 30.3 Å². The Labute approximate surface area is 182 Å². The SMILES string of the molecule is CC(CNC(=NCC(=O)N(C)C)NC1CCOc2ccccc21)Oc1ccccc1F. The van der Waals surface area contributed by atoms with Crippen molar-refractivity contribution in [2.24, 2.45) is 4.99 Å². The quantitative estimate of drug-likeness (QED) is 0.524. The molecule has 2 unspecified atom stereocenters. The molecule has 8 heteroatoms. The summed E-state index contributed by atoms with van der Waals surface area (Å²) in [6.07, 6.45) is 0.441. The minimum Gasteiger partial charge on any atom is -0.493 e. The van der Waals surface area contributed by atoms with Crippen molar-refractivity contribution >= 4 is 11.9 Å². The van der Waals surface area contributed by atoms with Crippen LogP contribution in [0.5, 0.6) is 11.5 Å². The van der Waals surface area contributed by atoms with E-state index in [2.05, 4.69) is 15.6 Å². The van der Waals surface area contributed by atoms with Crippen LogP contribution in [0.2, 0.25) is 0 Å². The molecule has 2 aromatic carbocycles. The number of guanidine groups is 1. The molecule has 2 aromatic rings. The molecule has 1 amide bonds. The molecule has 166 valence electrons. The van der Waals surface area contributed by atoms with Gasteiger partial charge in [0.15, 0.2) is 17.5 Å². The van der Waals surface area contributed by atoms with Gasteiger partial charge >= 0.3 is 0 Å². The van der Waals surface area contributed by atoms with E-state index in [0.717, 1.165) is 17.7 Å². The van der Waals surface area contributed by atoms with E-state index in [1.807, 2.05) is 31.2 Å². The van der Waals surface area contributed by atoms with Gasteiger partial charge in [0.1, 0.15) is 18.4 Å². The molecule has 0 aliphatic carbocycles. The van der Waals surface area contributed by atoms with E-state index in [9.17, 15) is 9.18 Å². The molecule has 0 aromatic heterocycles. The van der Waals surface area contributed by atoms with Crippen LogP contribution in [0.3, 0.4) is 0 Å². The molecule has 1 heterocycles. The third-order valence-electron chi connectivity index (χ3n) is 4.86.